The number of hydrogen-bond acceptors (Lipinski definition) is 5. The molecule has 0 atom stereocenters. The summed E-state index contributed by atoms with van der Waals surface area (Å²) in [5.74, 6) is -1.32. The number of amides is 1. The normalized spacial score (nSPS) is 10.3. The number of anilines is 2. The van der Waals surface area contributed by atoms with Crippen LogP contribution in [0.1, 0.15) is 16.1 Å². The quantitative estimate of drug-likeness (QED) is 0.693. The van der Waals surface area contributed by atoms with Crippen LogP contribution in [0.25, 0.3) is 0 Å². The highest BCUT2D eigenvalue weighted by molar-refractivity contribution is 6.02. The Hall–Kier alpha value is -3.55. The van der Waals surface area contributed by atoms with E-state index < -0.39 is 23.2 Å². The highest BCUT2D eigenvalue weighted by Gasteiger charge is 2.15. The highest BCUT2D eigenvalue weighted by atomic mass is 19.1. The maximum Gasteiger partial charge on any atom is 0.276 e. The minimum atomic E-state index is -0.869. The van der Waals surface area contributed by atoms with Gasteiger partial charge in [-0.2, -0.15) is 0 Å². The largest absolute Gasteiger partial charge is 0.496 e. The van der Waals surface area contributed by atoms with Crippen LogP contribution in [0.2, 0.25) is 0 Å². The number of ether oxygens (including phenoxy) is 1. The molecule has 0 saturated heterocycles. The molecule has 0 radical (unpaired) electrons. The third kappa shape index (κ3) is 4.35. The Morgan fingerprint density at radius 3 is 2.41 bits per heavy atom. The zero-order chi connectivity index (χ0) is 19.2. The molecule has 3 aromatic rings. The maximum absolute atomic E-state index is 13.6. The summed E-state index contributed by atoms with van der Waals surface area (Å²) >= 11 is 0. The molecule has 27 heavy (non-hydrogen) atoms. The van der Waals surface area contributed by atoms with Gasteiger partial charge in [0.15, 0.2) is 5.69 Å². The van der Waals surface area contributed by atoms with Crippen LogP contribution in [0.5, 0.6) is 5.75 Å². The predicted molar refractivity (Wildman–Crippen MR) is 96.7 cm³/mol. The van der Waals surface area contributed by atoms with Gasteiger partial charge in [0.1, 0.15) is 28.9 Å². The molecule has 0 fully saturated rings. The Kier molecular flexibility index (Phi) is 5.55. The molecule has 6 nitrogen and oxygen atoms in total. The SMILES string of the molecule is COc1ccccc1CNc1ccc(C(=O)Nc2c(F)cccc2F)nn1. The van der Waals surface area contributed by atoms with Crippen LogP contribution in [0.15, 0.2) is 54.6 Å². The van der Waals surface area contributed by atoms with Gasteiger partial charge in [0.25, 0.3) is 5.91 Å². The molecule has 0 bridgehead atoms. The zero-order valence-corrected chi connectivity index (χ0v) is 14.4. The minimum Gasteiger partial charge on any atom is -0.496 e. The van der Waals surface area contributed by atoms with Crippen LogP contribution in [-0.2, 0) is 6.54 Å². The first kappa shape index (κ1) is 18.2. The molecule has 1 amide bonds. The van der Waals surface area contributed by atoms with Crippen molar-refractivity contribution in [2.75, 3.05) is 17.7 Å². The minimum absolute atomic E-state index is 0.0690. The van der Waals surface area contributed by atoms with E-state index in [1.165, 1.54) is 12.1 Å². The molecule has 3 rings (SSSR count). The maximum atomic E-state index is 13.6. The Balaban J connectivity index is 1.65. The van der Waals surface area contributed by atoms with Crippen molar-refractivity contribution in [2.45, 2.75) is 6.54 Å². The van der Waals surface area contributed by atoms with E-state index in [0.29, 0.717) is 12.4 Å². The fraction of sp³-hybridized carbons (Fsp3) is 0.105. The monoisotopic (exact) mass is 370 g/mol. The van der Waals surface area contributed by atoms with Crippen molar-refractivity contribution in [1.29, 1.82) is 0 Å². The number of aromatic nitrogens is 2. The molecule has 0 aliphatic carbocycles. The van der Waals surface area contributed by atoms with E-state index in [2.05, 4.69) is 20.8 Å². The number of benzene rings is 2. The lowest BCUT2D eigenvalue weighted by Gasteiger charge is -2.10. The van der Waals surface area contributed by atoms with Gasteiger partial charge < -0.3 is 15.4 Å². The second-order valence-corrected chi connectivity index (χ2v) is 5.52. The molecule has 8 heteroatoms. The van der Waals surface area contributed by atoms with Crippen LogP contribution in [0, 0.1) is 11.6 Å². The third-order valence-corrected chi connectivity index (χ3v) is 3.75. The summed E-state index contributed by atoms with van der Waals surface area (Å²) in [6, 6.07) is 13.8. The van der Waals surface area contributed by atoms with Gasteiger partial charge in [0.2, 0.25) is 0 Å². The second-order valence-electron chi connectivity index (χ2n) is 5.52. The van der Waals surface area contributed by atoms with Crippen molar-refractivity contribution >= 4 is 17.4 Å². The average molecular weight is 370 g/mol. The van der Waals surface area contributed by atoms with Crippen LogP contribution in [-0.4, -0.2) is 23.2 Å². The molecule has 2 N–H and O–H groups in total. The van der Waals surface area contributed by atoms with Crippen LogP contribution in [0.4, 0.5) is 20.3 Å². The second kappa shape index (κ2) is 8.22. The number of nitrogens with one attached hydrogen (secondary N) is 2. The van der Waals surface area contributed by atoms with Gasteiger partial charge in [-0.1, -0.05) is 24.3 Å². The van der Waals surface area contributed by atoms with E-state index in [4.69, 9.17) is 4.74 Å². The number of rotatable bonds is 6. The molecular formula is C19H16F2N4O2. The summed E-state index contributed by atoms with van der Waals surface area (Å²) in [6.07, 6.45) is 0. The summed E-state index contributed by atoms with van der Waals surface area (Å²) < 4.78 is 32.5. The van der Waals surface area contributed by atoms with Crippen molar-refractivity contribution in [3.63, 3.8) is 0 Å². The van der Waals surface area contributed by atoms with Crippen LogP contribution < -0.4 is 15.4 Å². The van der Waals surface area contributed by atoms with E-state index >= 15 is 0 Å². The van der Waals surface area contributed by atoms with Crippen molar-refractivity contribution in [1.82, 2.24) is 10.2 Å². The molecule has 1 aromatic heterocycles. The first-order valence-corrected chi connectivity index (χ1v) is 8.03. The fourth-order valence-electron chi connectivity index (χ4n) is 2.38. The van der Waals surface area contributed by atoms with Gasteiger partial charge >= 0.3 is 0 Å². The number of hydrogen-bond donors (Lipinski definition) is 2. The molecule has 2 aromatic carbocycles. The molecule has 0 aliphatic rings. The van der Waals surface area contributed by atoms with Crippen molar-refractivity contribution in [3.05, 3.63) is 77.5 Å². The molecule has 0 aliphatic heterocycles. The summed E-state index contributed by atoms with van der Waals surface area (Å²) in [5, 5.41) is 12.9. The Morgan fingerprint density at radius 2 is 1.74 bits per heavy atom. The topological polar surface area (TPSA) is 76.1 Å². The van der Waals surface area contributed by atoms with E-state index in [-0.39, 0.29) is 5.69 Å². The van der Waals surface area contributed by atoms with Gasteiger partial charge in [-0.05, 0) is 30.3 Å². The Bertz CT molecular complexity index is 928. The molecule has 138 valence electrons. The number of methoxy groups -OCH3 is 1. The van der Waals surface area contributed by atoms with Gasteiger partial charge in [0, 0.05) is 12.1 Å². The Morgan fingerprint density at radius 1 is 1.00 bits per heavy atom. The van der Waals surface area contributed by atoms with Gasteiger partial charge in [-0.3, -0.25) is 4.79 Å². The first-order chi connectivity index (χ1) is 13.1. The number of carbonyl (C=O) groups excluding carboxylic acids is 1. The third-order valence-electron chi connectivity index (χ3n) is 3.75. The number of nitrogens with zero attached hydrogens (tertiary/aromatic N) is 2. The smallest absolute Gasteiger partial charge is 0.276 e. The molecule has 0 unspecified atom stereocenters. The number of para-hydroxylation sites is 2. The molecule has 0 spiro atoms. The predicted octanol–water partition coefficient (Wildman–Crippen LogP) is 3.63. The van der Waals surface area contributed by atoms with E-state index in [9.17, 15) is 13.6 Å². The van der Waals surface area contributed by atoms with E-state index in [1.54, 1.807) is 13.2 Å². The standard InChI is InChI=1S/C19H16F2N4O2/c1-27-16-8-3-2-5-12(16)11-22-17-10-9-15(24-25-17)19(26)23-18-13(20)6-4-7-14(18)21/h2-10H,11H2,1H3,(H,22,25)(H,23,26). The average Bonchev–Trinajstić information content (AvgIpc) is 2.69. The van der Waals surface area contributed by atoms with Crippen LogP contribution in [0.3, 0.4) is 0 Å². The number of halogens is 2. The van der Waals surface area contributed by atoms with E-state index in [1.807, 2.05) is 24.3 Å². The molecule has 0 saturated carbocycles. The van der Waals surface area contributed by atoms with Crippen molar-refractivity contribution in [3.8, 4) is 5.75 Å². The lowest BCUT2D eigenvalue weighted by molar-refractivity contribution is 0.102. The van der Waals surface area contributed by atoms with Crippen molar-refractivity contribution < 1.29 is 18.3 Å². The van der Waals surface area contributed by atoms with Crippen molar-refractivity contribution in [2.24, 2.45) is 0 Å². The summed E-state index contributed by atoms with van der Waals surface area (Å²) in [7, 11) is 1.59. The van der Waals surface area contributed by atoms with Gasteiger partial charge in [-0.25, -0.2) is 8.78 Å². The molecule has 1 heterocycles. The Labute approximate surface area is 154 Å². The lowest BCUT2D eigenvalue weighted by Crippen LogP contribution is -2.16. The van der Waals surface area contributed by atoms with Gasteiger partial charge in [-0.15, -0.1) is 10.2 Å². The van der Waals surface area contributed by atoms with E-state index in [0.717, 1.165) is 23.4 Å². The summed E-state index contributed by atoms with van der Waals surface area (Å²) in [4.78, 5) is 12.1. The lowest BCUT2D eigenvalue weighted by atomic mass is 10.2. The summed E-state index contributed by atoms with van der Waals surface area (Å²) in [6.45, 7) is 0.449. The van der Waals surface area contributed by atoms with Crippen LogP contribution >= 0.6 is 0 Å². The fourth-order valence-corrected chi connectivity index (χ4v) is 2.38. The molecular weight excluding hydrogens is 354 g/mol. The number of carbonyl (C=O) groups is 1. The van der Waals surface area contributed by atoms with Gasteiger partial charge in [0.05, 0.1) is 7.11 Å². The first-order valence-electron chi connectivity index (χ1n) is 8.03. The highest BCUT2D eigenvalue weighted by Crippen LogP contribution is 2.20. The summed E-state index contributed by atoms with van der Waals surface area (Å²) in [5.41, 5.74) is 0.335. The zero-order valence-electron chi connectivity index (χ0n) is 14.4.